The molecular formula is C29H39N3O6. The molecule has 9 heteroatoms. The molecule has 9 nitrogen and oxygen atoms in total. The van der Waals surface area contributed by atoms with Gasteiger partial charge in [0.1, 0.15) is 11.6 Å². The fourth-order valence-corrected chi connectivity index (χ4v) is 4.87. The minimum atomic E-state index is -1.17. The molecule has 206 valence electrons. The van der Waals surface area contributed by atoms with E-state index in [1.165, 1.54) is 0 Å². The molecule has 1 saturated heterocycles. The van der Waals surface area contributed by atoms with Crippen LogP contribution in [0.4, 0.5) is 4.79 Å². The summed E-state index contributed by atoms with van der Waals surface area (Å²) in [6, 6.07) is 13.7. The quantitative estimate of drug-likeness (QED) is 0.461. The van der Waals surface area contributed by atoms with Crippen LogP contribution in [0.5, 0.6) is 11.5 Å². The van der Waals surface area contributed by atoms with Crippen molar-refractivity contribution in [3.8, 4) is 11.5 Å². The second kappa shape index (κ2) is 11.6. The lowest BCUT2D eigenvalue weighted by Crippen LogP contribution is -2.55. The van der Waals surface area contributed by atoms with Crippen molar-refractivity contribution in [2.75, 3.05) is 13.3 Å². The average Bonchev–Trinajstić information content (AvgIpc) is 3.45. The predicted octanol–water partition coefficient (Wildman–Crippen LogP) is 3.24. The van der Waals surface area contributed by atoms with Crippen LogP contribution >= 0.6 is 0 Å². The van der Waals surface area contributed by atoms with Gasteiger partial charge in [-0.3, -0.25) is 10.1 Å². The van der Waals surface area contributed by atoms with Gasteiger partial charge in [0, 0.05) is 6.54 Å². The number of aliphatic hydroxyl groups excluding tert-OH is 1. The topological polar surface area (TPSA) is 109 Å². The molecule has 4 rings (SSSR count). The highest BCUT2D eigenvalue weighted by Crippen LogP contribution is 2.33. The first-order valence-corrected chi connectivity index (χ1v) is 13.2. The van der Waals surface area contributed by atoms with Crippen molar-refractivity contribution < 1.29 is 28.9 Å². The first-order chi connectivity index (χ1) is 18.0. The molecule has 0 spiro atoms. The fourth-order valence-electron chi connectivity index (χ4n) is 4.87. The number of ether oxygens (including phenoxy) is 3. The van der Waals surface area contributed by atoms with E-state index in [4.69, 9.17) is 14.2 Å². The Morgan fingerprint density at radius 1 is 1.13 bits per heavy atom. The second-order valence-electron chi connectivity index (χ2n) is 11.2. The lowest BCUT2D eigenvalue weighted by Gasteiger charge is -2.29. The Morgan fingerprint density at radius 3 is 2.53 bits per heavy atom. The molecule has 3 N–H and O–H groups in total. The zero-order chi connectivity index (χ0) is 27.4. The van der Waals surface area contributed by atoms with Gasteiger partial charge in [-0.25, -0.2) is 4.79 Å². The summed E-state index contributed by atoms with van der Waals surface area (Å²) in [6.07, 6.45) is -1.10. The normalized spacial score (nSPS) is 20.5. The van der Waals surface area contributed by atoms with E-state index in [9.17, 15) is 14.7 Å². The molecule has 0 aliphatic carbocycles. The maximum atomic E-state index is 13.7. The summed E-state index contributed by atoms with van der Waals surface area (Å²) < 4.78 is 16.3. The molecule has 1 unspecified atom stereocenters. The Morgan fingerprint density at radius 2 is 1.84 bits per heavy atom. The number of amides is 2. The monoisotopic (exact) mass is 525 g/mol. The minimum Gasteiger partial charge on any atom is -0.454 e. The number of alkyl carbamates (subject to hydrolysis) is 1. The number of aliphatic hydroxyl groups is 1. The van der Waals surface area contributed by atoms with Crippen LogP contribution < -0.4 is 20.1 Å². The van der Waals surface area contributed by atoms with E-state index in [0.717, 1.165) is 16.9 Å². The van der Waals surface area contributed by atoms with E-state index < -0.39 is 29.9 Å². The zero-order valence-corrected chi connectivity index (χ0v) is 22.8. The lowest BCUT2D eigenvalue weighted by molar-refractivity contribution is -0.132. The van der Waals surface area contributed by atoms with Crippen LogP contribution in [0.15, 0.2) is 48.5 Å². The molecule has 38 heavy (non-hydrogen) atoms. The summed E-state index contributed by atoms with van der Waals surface area (Å²) in [5, 5.41) is 17.6. The number of hydrogen-bond donors (Lipinski definition) is 3. The van der Waals surface area contributed by atoms with Crippen LogP contribution in [0.2, 0.25) is 0 Å². The number of nitrogens with zero attached hydrogens (tertiary/aromatic N) is 1. The van der Waals surface area contributed by atoms with Crippen molar-refractivity contribution in [1.82, 2.24) is 15.5 Å². The molecule has 1 fully saturated rings. The highest BCUT2D eigenvalue weighted by atomic mass is 16.7. The highest BCUT2D eigenvalue weighted by Gasteiger charge is 2.46. The largest absolute Gasteiger partial charge is 0.454 e. The Labute approximate surface area is 224 Å². The van der Waals surface area contributed by atoms with E-state index in [1.54, 1.807) is 25.7 Å². The van der Waals surface area contributed by atoms with Gasteiger partial charge >= 0.3 is 6.09 Å². The van der Waals surface area contributed by atoms with Gasteiger partial charge in [0.2, 0.25) is 12.7 Å². The zero-order valence-electron chi connectivity index (χ0n) is 22.8. The van der Waals surface area contributed by atoms with Crippen LogP contribution in [0.25, 0.3) is 0 Å². The van der Waals surface area contributed by atoms with Gasteiger partial charge in [-0.1, -0.05) is 50.2 Å². The summed E-state index contributed by atoms with van der Waals surface area (Å²) in [5.74, 6) is 1.34. The Hall–Kier alpha value is -3.30. The standard InChI is InChI=1S/C29H39N3O6/c1-18(2)26-31-24(27(34)32(26)14-13-20-11-12-22-23(16-20)37-17-36-22)25(33)21(15-19-9-7-6-8-10-19)30-28(35)38-29(3,4)5/h6-12,16,18,21,24-26,31,33H,13-15,17H2,1-5H3,(H,30,35)/t21-,24-,25-,26?/m0/s1. The molecule has 2 aromatic carbocycles. The molecule has 2 heterocycles. The van der Waals surface area contributed by atoms with E-state index in [0.29, 0.717) is 25.1 Å². The van der Waals surface area contributed by atoms with Crippen LogP contribution in [-0.2, 0) is 22.4 Å². The molecule has 4 atom stereocenters. The third-order valence-corrected chi connectivity index (χ3v) is 6.70. The number of fused-ring (bicyclic) bond motifs is 1. The first kappa shape index (κ1) is 27.7. The van der Waals surface area contributed by atoms with Gasteiger partial charge in [-0.15, -0.1) is 0 Å². The Kier molecular flexibility index (Phi) is 8.47. The third-order valence-electron chi connectivity index (χ3n) is 6.70. The number of benzene rings is 2. The number of carbonyl (C=O) groups is 2. The maximum Gasteiger partial charge on any atom is 0.407 e. The van der Waals surface area contributed by atoms with Gasteiger partial charge < -0.3 is 29.5 Å². The minimum absolute atomic E-state index is 0.110. The molecule has 0 bridgehead atoms. The fraction of sp³-hybridized carbons (Fsp3) is 0.517. The predicted molar refractivity (Wildman–Crippen MR) is 143 cm³/mol. The van der Waals surface area contributed by atoms with Crippen LogP contribution in [-0.4, -0.2) is 65.3 Å². The number of carbonyl (C=O) groups excluding carboxylic acids is 2. The Bertz CT molecular complexity index is 1120. The van der Waals surface area contributed by atoms with E-state index in [2.05, 4.69) is 10.6 Å². The van der Waals surface area contributed by atoms with Gasteiger partial charge in [0.25, 0.3) is 0 Å². The van der Waals surface area contributed by atoms with Crippen molar-refractivity contribution in [3.63, 3.8) is 0 Å². The molecule has 2 amide bonds. The molecule has 0 radical (unpaired) electrons. The highest BCUT2D eigenvalue weighted by molar-refractivity contribution is 5.85. The van der Waals surface area contributed by atoms with Crippen molar-refractivity contribution in [3.05, 3.63) is 59.7 Å². The number of nitrogens with one attached hydrogen (secondary N) is 2. The summed E-state index contributed by atoms with van der Waals surface area (Å²) in [5.41, 5.74) is 1.27. The molecule has 2 aliphatic heterocycles. The number of hydrogen-bond acceptors (Lipinski definition) is 7. The van der Waals surface area contributed by atoms with Gasteiger partial charge in [0.15, 0.2) is 11.5 Å². The number of rotatable bonds is 9. The maximum absolute atomic E-state index is 13.7. The van der Waals surface area contributed by atoms with E-state index in [1.807, 2.05) is 62.4 Å². The third kappa shape index (κ3) is 6.76. The van der Waals surface area contributed by atoms with Crippen LogP contribution in [0, 0.1) is 5.92 Å². The van der Waals surface area contributed by atoms with E-state index in [-0.39, 0.29) is 24.8 Å². The second-order valence-corrected chi connectivity index (χ2v) is 11.2. The van der Waals surface area contributed by atoms with Crippen molar-refractivity contribution >= 4 is 12.0 Å². The molecule has 2 aliphatic rings. The summed E-state index contributed by atoms with van der Waals surface area (Å²) in [4.78, 5) is 28.1. The SMILES string of the molecule is CC(C)C1N[C@@H]([C@@H](O)[C@H](Cc2ccccc2)NC(=O)OC(C)(C)C)C(=O)N1CCc1ccc2c(c1)OCO2. The van der Waals surface area contributed by atoms with Gasteiger partial charge in [0.05, 0.1) is 18.3 Å². The summed E-state index contributed by atoms with van der Waals surface area (Å²) in [6.45, 7) is 10.1. The van der Waals surface area contributed by atoms with Crippen LogP contribution in [0.1, 0.15) is 45.7 Å². The van der Waals surface area contributed by atoms with Gasteiger partial charge in [-0.2, -0.15) is 0 Å². The Balaban J connectivity index is 1.49. The van der Waals surface area contributed by atoms with Crippen molar-refractivity contribution in [1.29, 1.82) is 0 Å². The smallest absolute Gasteiger partial charge is 0.407 e. The lowest BCUT2D eigenvalue weighted by atomic mass is 9.96. The summed E-state index contributed by atoms with van der Waals surface area (Å²) >= 11 is 0. The van der Waals surface area contributed by atoms with Crippen molar-refractivity contribution in [2.45, 2.75) is 77.4 Å². The molecule has 0 saturated carbocycles. The molecular weight excluding hydrogens is 486 g/mol. The average molecular weight is 526 g/mol. The van der Waals surface area contributed by atoms with Crippen molar-refractivity contribution in [2.24, 2.45) is 5.92 Å². The van der Waals surface area contributed by atoms with Crippen LogP contribution in [0.3, 0.4) is 0 Å². The molecule has 0 aromatic heterocycles. The van der Waals surface area contributed by atoms with Gasteiger partial charge in [-0.05, 0) is 62.8 Å². The molecule has 2 aromatic rings. The summed E-state index contributed by atoms with van der Waals surface area (Å²) in [7, 11) is 0. The first-order valence-electron chi connectivity index (χ1n) is 13.2. The van der Waals surface area contributed by atoms with E-state index >= 15 is 0 Å².